The Kier molecular flexibility index (Phi) is 4.19. The average molecular weight is 367 g/mol. The highest BCUT2D eigenvalue weighted by molar-refractivity contribution is 5.81. The molecule has 0 atom stereocenters. The zero-order valence-corrected chi connectivity index (χ0v) is 15.4. The molecular weight excluding hydrogens is 350 g/mol. The van der Waals surface area contributed by atoms with Gasteiger partial charge in [-0.05, 0) is 30.3 Å². The smallest absolute Gasteiger partial charge is 0.173 e. The van der Waals surface area contributed by atoms with Crippen molar-refractivity contribution in [2.24, 2.45) is 0 Å². The van der Waals surface area contributed by atoms with Gasteiger partial charge in [-0.2, -0.15) is 10.5 Å². The van der Waals surface area contributed by atoms with Gasteiger partial charge in [0.25, 0.3) is 0 Å². The summed E-state index contributed by atoms with van der Waals surface area (Å²) in [4.78, 5) is 6.72. The van der Waals surface area contributed by atoms with Crippen molar-refractivity contribution in [2.75, 3.05) is 24.3 Å². The third kappa shape index (κ3) is 2.91. The molecule has 2 aromatic carbocycles. The van der Waals surface area contributed by atoms with Crippen LogP contribution in [0.25, 0.3) is 16.9 Å². The maximum atomic E-state index is 9.37. The predicted octanol–water partition coefficient (Wildman–Crippen LogP) is 3.88. The van der Waals surface area contributed by atoms with Crippen LogP contribution in [0, 0.1) is 22.7 Å². The first-order valence-electron chi connectivity index (χ1n) is 8.65. The van der Waals surface area contributed by atoms with E-state index in [2.05, 4.69) is 22.6 Å². The van der Waals surface area contributed by atoms with Gasteiger partial charge < -0.3 is 10.2 Å². The number of aromatic nitrogens is 3. The van der Waals surface area contributed by atoms with Crippen LogP contribution in [0.15, 0.2) is 54.7 Å². The summed E-state index contributed by atoms with van der Waals surface area (Å²) in [5.41, 5.74) is 5.06. The number of hydrogen-bond donors (Lipinski definition) is 2. The molecule has 0 aliphatic carbocycles. The molecule has 0 saturated heterocycles. The standard InChI is InChI=1S/C21H17N7/c1-27(2)18-8-6-15(7-9-18)19-21(25-17-5-3-4-14(10-17)11-22)28-20(26-19)16(12-23)13-24-28/h3-10,13,24-25H,1-2H3. The monoisotopic (exact) mass is 367 g/mol. The van der Waals surface area contributed by atoms with Gasteiger partial charge in [0.05, 0.1) is 11.6 Å². The van der Waals surface area contributed by atoms with Crippen molar-refractivity contribution < 1.29 is 0 Å². The summed E-state index contributed by atoms with van der Waals surface area (Å²) in [7, 11) is 3.98. The zero-order chi connectivity index (χ0) is 19.7. The summed E-state index contributed by atoms with van der Waals surface area (Å²) >= 11 is 0. The van der Waals surface area contributed by atoms with Gasteiger partial charge in [-0.1, -0.05) is 18.2 Å². The zero-order valence-electron chi connectivity index (χ0n) is 15.4. The Bertz CT molecular complexity index is 1230. The summed E-state index contributed by atoms with van der Waals surface area (Å²) in [6, 6.07) is 19.6. The highest BCUT2D eigenvalue weighted by Gasteiger charge is 2.18. The number of imidazole rings is 1. The van der Waals surface area contributed by atoms with Gasteiger partial charge in [0.2, 0.25) is 0 Å². The van der Waals surface area contributed by atoms with Gasteiger partial charge in [-0.25, -0.2) is 9.50 Å². The largest absolute Gasteiger partial charge is 0.378 e. The number of fused-ring (bicyclic) bond motifs is 1. The van der Waals surface area contributed by atoms with Crippen LogP contribution >= 0.6 is 0 Å². The summed E-state index contributed by atoms with van der Waals surface area (Å²) in [5, 5.41) is 24.9. The number of nitrogens with zero attached hydrogens (tertiary/aromatic N) is 5. The van der Waals surface area contributed by atoms with E-state index in [0.717, 1.165) is 22.6 Å². The van der Waals surface area contributed by atoms with Crippen LogP contribution in [0.2, 0.25) is 0 Å². The molecule has 0 saturated carbocycles. The normalized spacial score (nSPS) is 10.4. The second-order valence-electron chi connectivity index (χ2n) is 6.53. The van der Waals surface area contributed by atoms with Crippen LogP contribution in [0.1, 0.15) is 11.1 Å². The van der Waals surface area contributed by atoms with Crippen LogP contribution in [0.5, 0.6) is 0 Å². The Morgan fingerprint density at radius 2 is 1.86 bits per heavy atom. The number of anilines is 3. The van der Waals surface area contributed by atoms with Crippen molar-refractivity contribution in [3.05, 3.63) is 65.9 Å². The van der Waals surface area contributed by atoms with E-state index in [4.69, 9.17) is 10.2 Å². The fourth-order valence-corrected chi connectivity index (χ4v) is 3.04. The minimum Gasteiger partial charge on any atom is -0.378 e. The van der Waals surface area contributed by atoms with Crippen LogP contribution in [0.4, 0.5) is 17.2 Å². The summed E-state index contributed by atoms with van der Waals surface area (Å²) < 4.78 is 1.74. The molecule has 28 heavy (non-hydrogen) atoms. The van der Waals surface area contributed by atoms with Crippen molar-refractivity contribution in [1.82, 2.24) is 14.6 Å². The van der Waals surface area contributed by atoms with Crippen LogP contribution in [-0.2, 0) is 0 Å². The number of H-pyrrole nitrogens is 1. The Hall–Kier alpha value is -4.23. The third-order valence-electron chi connectivity index (χ3n) is 4.49. The minimum absolute atomic E-state index is 0.463. The lowest BCUT2D eigenvalue weighted by molar-refractivity contribution is 0.980. The molecule has 0 radical (unpaired) electrons. The van der Waals surface area contributed by atoms with E-state index in [1.54, 1.807) is 22.8 Å². The van der Waals surface area contributed by atoms with Gasteiger partial charge in [0, 0.05) is 37.2 Å². The maximum Gasteiger partial charge on any atom is 0.173 e. The van der Waals surface area contributed by atoms with E-state index in [1.165, 1.54) is 0 Å². The number of nitrogens with one attached hydrogen (secondary N) is 2. The van der Waals surface area contributed by atoms with Crippen molar-refractivity contribution in [2.45, 2.75) is 0 Å². The lowest BCUT2D eigenvalue weighted by Crippen LogP contribution is -2.08. The third-order valence-corrected chi connectivity index (χ3v) is 4.49. The quantitative estimate of drug-likeness (QED) is 0.571. The molecule has 0 aliphatic rings. The van der Waals surface area contributed by atoms with Gasteiger partial charge in [-0.3, -0.25) is 5.10 Å². The lowest BCUT2D eigenvalue weighted by atomic mass is 10.1. The Balaban J connectivity index is 1.85. The molecule has 7 heteroatoms. The summed E-state index contributed by atoms with van der Waals surface area (Å²) in [6.07, 6.45) is 1.62. The molecule has 0 fully saturated rings. The Labute approximate surface area is 162 Å². The first kappa shape index (κ1) is 17.2. The second kappa shape index (κ2) is 6.82. The van der Waals surface area contributed by atoms with E-state index in [1.807, 2.05) is 55.4 Å². The second-order valence-corrected chi connectivity index (χ2v) is 6.53. The van der Waals surface area contributed by atoms with Gasteiger partial charge in [-0.15, -0.1) is 0 Å². The number of nitriles is 2. The van der Waals surface area contributed by atoms with Crippen LogP contribution < -0.4 is 10.2 Å². The fraction of sp³-hybridized carbons (Fsp3) is 0.0952. The van der Waals surface area contributed by atoms with Gasteiger partial charge >= 0.3 is 0 Å². The van der Waals surface area contributed by atoms with Crippen LogP contribution in [0.3, 0.4) is 0 Å². The highest BCUT2D eigenvalue weighted by Crippen LogP contribution is 2.32. The first-order valence-corrected chi connectivity index (χ1v) is 8.65. The maximum absolute atomic E-state index is 9.37. The number of aromatic amines is 1. The molecule has 0 aliphatic heterocycles. The summed E-state index contributed by atoms with van der Waals surface area (Å²) in [5.74, 6) is 0.698. The van der Waals surface area contributed by atoms with Crippen molar-refractivity contribution in [1.29, 1.82) is 10.5 Å². The fourth-order valence-electron chi connectivity index (χ4n) is 3.04. The molecular formula is C21H17N7. The van der Waals surface area contributed by atoms with E-state index in [0.29, 0.717) is 22.6 Å². The molecule has 2 N–H and O–H groups in total. The molecule has 2 aromatic heterocycles. The van der Waals surface area contributed by atoms with Crippen molar-refractivity contribution in [3.8, 4) is 23.4 Å². The van der Waals surface area contributed by atoms with Crippen molar-refractivity contribution in [3.63, 3.8) is 0 Å². The molecule has 0 unspecified atom stereocenters. The van der Waals surface area contributed by atoms with E-state index < -0.39 is 0 Å². The van der Waals surface area contributed by atoms with Crippen molar-refractivity contribution >= 4 is 22.8 Å². The Morgan fingerprint density at radius 3 is 2.54 bits per heavy atom. The number of benzene rings is 2. The topological polar surface area (TPSA) is 95.9 Å². The molecule has 0 bridgehead atoms. The van der Waals surface area contributed by atoms with E-state index >= 15 is 0 Å². The van der Waals surface area contributed by atoms with E-state index in [-0.39, 0.29) is 0 Å². The SMILES string of the molecule is CN(C)c1ccc(-c2nc3c(C#N)c[nH]n3c2Nc2cccc(C#N)c2)cc1. The van der Waals surface area contributed by atoms with Crippen LogP contribution in [-0.4, -0.2) is 28.7 Å². The molecule has 4 rings (SSSR count). The van der Waals surface area contributed by atoms with Gasteiger partial charge in [0.15, 0.2) is 11.5 Å². The predicted molar refractivity (Wildman–Crippen MR) is 108 cm³/mol. The molecule has 136 valence electrons. The highest BCUT2D eigenvalue weighted by atomic mass is 15.3. The molecule has 0 spiro atoms. The molecule has 0 amide bonds. The summed E-state index contributed by atoms with van der Waals surface area (Å²) in [6.45, 7) is 0. The van der Waals surface area contributed by atoms with Gasteiger partial charge in [0.1, 0.15) is 17.3 Å². The number of hydrogen-bond acceptors (Lipinski definition) is 5. The minimum atomic E-state index is 0.463. The molecule has 2 heterocycles. The Morgan fingerprint density at radius 1 is 1.07 bits per heavy atom. The lowest BCUT2D eigenvalue weighted by Gasteiger charge is -2.13. The molecule has 7 nitrogen and oxygen atoms in total. The first-order chi connectivity index (χ1) is 13.6. The number of rotatable bonds is 4. The molecule has 4 aromatic rings. The van der Waals surface area contributed by atoms with E-state index in [9.17, 15) is 5.26 Å². The average Bonchev–Trinajstić information content (AvgIpc) is 3.28.